The Morgan fingerprint density at radius 3 is 2.12 bits per heavy atom. The molecule has 226 valence electrons. The van der Waals surface area contributed by atoms with Crippen LogP contribution in [0.1, 0.15) is 52.2 Å². The summed E-state index contributed by atoms with van der Waals surface area (Å²) in [6.07, 6.45) is 0.311. The smallest absolute Gasteiger partial charge is 0.264 e. The van der Waals surface area contributed by atoms with Crippen molar-refractivity contribution in [2.45, 2.75) is 71.0 Å². The fourth-order valence-corrected chi connectivity index (χ4v) is 6.03. The minimum absolute atomic E-state index is 0.0241. The minimum atomic E-state index is -4.17. The summed E-state index contributed by atoms with van der Waals surface area (Å²) in [6.45, 7) is 11.1. The number of anilines is 1. The molecule has 1 N–H and O–H groups in total. The number of carbonyl (C=O) groups is 2. The second-order valence-corrected chi connectivity index (χ2v) is 13.3. The summed E-state index contributed by atoms with van der Waals surface area (Å²) >= 11 is 6.46. The van der Waals surface area contributed by atoms with Gasteiger partial charge in [-0.25, -0.2) is 8.42 Å². The van der Waals surface area contributed by atoms with Gasteiger partial charge in [0, 0.05) is 17.1 Å². The van der Waals surface area contributed by atoms with Crippen molar-refractivity contribution in [2.75, 3.05) is 17.5 Å². The van der Waals surface area contributed by atoms with E-state index in [1.165, 1.54) is 17.0 Å². The van der Waals surface area contributed by atoms with Gasteiger partial charge in [0.1, 0.15) is 18.3 Å². The van der Waals surface area contributed by atoms with Gasteiger partial charge in [0.2, 0.25) is 11.8 Å². The van der Waals surface area contributed by atoms with Gasteiger partial charge in [-0.2, -0.15) is 0 Å². The number of amides is 2. The zero-order chi connectivity index (χ0) is 31.1. The number of nitrogens with one attached hydrogen (secondary N) is 1. The molecule has 42 heavy (non-hydrogen) atoms. The zero-order valence-electron chi connectivity index (χ0n) is 25.1. The van der Waals surface area contributed by atoms with Gasteiger partial charge in [-0.15, -0.1) is 0 Å². The molecule has 0 aromatic heterocycles. The molecule has 0 heterocycles. The maximum absolute atomic E-state index is 14.2. The Morgan fingerprint density at radius 1 is 0.952 bits per heavy atom. The average molecular weight is 614 g/mol. The van der Waals surface area contributed by atoms with Gasteiger partial charge in [-0.3, -0.25) is 13.9 Å². The van der Waals surface area contributed by atoms with Crippen LogP contribution in [0.5, 0.6) is 5.75 Å². The first-order valence-electron chi connectivity index (χ1n) is 13.9. The van der Waals surface area contributed by atoms with Crippen LogP contribution in [0, 0.1) is 6.92 Å². The first kappa shape index (κ1) is 32.9. The fraction of sp³-hybridized carbons (Fsp3) is 0.375. The Bertz CT molecular complexity index is 1470. The molecule has 8 nitrogen and oxygen atoms in total. The number of ether oxygens (including phenoxy) is 1. The highest BCUT2D eigenvalue weighted by atomic mass is 35.5. The molecule has 0 saturated carbocycles. The third-order valence-corrected chi connectivity index (χ3v) is 8.66. The van der Waals surface area contributed by atoms with Crippen molar-refractivity contribution in [2.24, 2.45) is 0 Å². The molecule has 3 aromatic carbocycles. The normalized spacial score (nSPS) is 12.4. The van der Waals surface area contributed by atoms with Crippen molar-refractivity contribution in [3.63, 3.8) is 0 Å². The van der Waals surface area contributed by atoms with E-state index in [1.807, 2.05) is 41.5 Å². The van der Waals surface area contributed by atoms with E-state index < -0.39 is 34.1 Å². The highest BCUT2D eigenvalue weighted by molar-refractivity contribution is 7.92. The van der Waals surface area contributed by atoms with Crippen molar-refractivity contribution < 1.29 is 22.7 Å². The summed E-state index contributed by atoms with van der Waals surface area (Å²) in [5, 5.41) is 3.40. The SMILES string of the molecule is CCOc1ccc(N(CC(=O)N(Cc2ccccc2Cl)C(CC)C(=O)NC(C)(C)C)S(=O)(=O)c2ccc(C)cc2)cc1. The van der Waals surface area contributed by atoms with E-state index in [9.17, 15) is 18.0 Å². The lowest BCUT2D eigenvalue weighted by Crippen LogP contribution is -2.55. The number of benzene rings is 3. The third-order valence-electron chi connectivity index (χ3n) is 6.51. The van der Waals surface area contributed by atoms with Crippen LogP contribution in [0.15, 0.2) is 77.7 Å². The van der Waals surface area contributed by atoms with E-state index in [1.54, 1.807) is 60.7 Å². The summed E-state index contributed by atoms with van der Waals surface area (Å²) in [5.41, 5.74) is 1.30. The van der Waals surface area contributed by atoms with Crippen LogP contribution in [0.25, 0.3) is 0 Å². The Hall–Kier alpha value is -3.56. The molecular weight excluding hydrogens is 574 g/mol. The van der Waals surface area contributed by atoms with E-state index in [2.05, 4.69) is 5.32 Å². The Balaban J connectivity index is 2.08. The summed E-state index contributed by atoms with van der Waals surface area (Å²) in [5.74, 6) is -0.305. The lowest BCUT2D eigenvalue weighted by atomic mass is 10.1. The van der Waals surface area contributed by atoms with E-state index >= 15 is 0 Å². The van der Waals surface area contributed by atoms with Crippen LogP contribution in [0.4, 0.5) is 5.69 Å². The van der Waals surface area contributed by atoms with E-state index in [0.717, 1.165) is 9.87 Å². The molecule has 3 rings (SSSR count). The van der Waals surface area contributed by atoms with Crippen LogP contribution < -0.4 is 14.4 Å². The van der Waals surface area contributed by atoms with Crippen LogP contribution in [-0.4, -0.2) is 49.9 Å². The van der Waals surface area contributed by atoms with E-state index in [-0.39, 0.29) is 23.0 Å². The van der Waals surface area contributed by atoms with Gasteiger partial charge in [0.25, 0.3) is 10.0 Å². The monoisotopic (exact) mass is 613 g/mol. The van der Waals surface area contributed by atoms with Crippen molar-refractivity contribution in [1.82, 2.24) is 10.2 Å². The molecule has 3 aromatic rings. The Morgan fingerprint density at radius 2 is 1.57 bits per heavy atom. The number of nitrogens with zero attached hydrogens (tertiary/aromatic N) is 2. The van der Waals surface area contributed by atoms with E-state index in [0.29, 0.717) is 29.4 Å². The molecule has 2 amide bonds. The fourth-order valence-electron chi connectivity index (χ4n) is 4.42. The molecule has 0 aliphatic heterocycles. The topological polar surface area (TPSA) is 96.0 Å². The number of carbonyl (C=O) groups excluding carboxylic acids is 2. The molecule has 0 fully saturated rings. The molecule has 0 bridgehead atoms. The van der Waals surface area contributed by atoms with Crippen molar-refractivity contribution in [3.8, 4) is 5.75 Å². The van der Waals surface area contributed by atoms with Gasteiger partial charge in [0.15, 0.2) is 0 Å². The molecule has 0 saturated heterocycles. The third kappa shape index (κ3) is 8.49. The standard InChI is InChI=1S/C32H40ClN3O5S/c1-7-29(31(38)34-32(4,5)6)35(21-24-11-9-10-12-28(24)33)30(37)22-36(25-15-17-26(18-16-25)41-8-2)42(39,40)27-19-13-23(3)14-20-27/h9-20,29H,7-8,21-22H2,1-6H3,(H,34,38). The first-order chi connectivity index (χ1) is 19.8. The summed E-state index contributed by atoms with van der Waals surface area (Å²) in [6, 6.07) is 19.2. The summed E-state index contributed by atoms with van der Waals surface area (Å²) < 4.78 is 34.6. The van der Waals surface area contributed by atoms with Crippen LogP contribution in [0.2, 0.25) is 5.02 Å². The van der Waals surface area contributed by atoms with Gasteiger partial charge in [-0.05, 0) is 89.1 Å². The number of sulfonamides is 1. The van der Waals surface area contributed by atoms with Crippen molar-refractivity contribution in [1.29, 1.82) is 0 Å². The van der Waals surface area contributed by atoms with Gasteiger partial charge in [0.05, 0.1) is 17.2 Å². The highest BCUT2D eigenvalue weighted by Crippen LogP contribution is 2.28. The predicted molar refractivity (Wildman–Crippen MR) is 167 cm³/mol. The Labute approximate surface area is 254 Å². The number of aryl methyl sites for hydroxylation is 1. The minimum Gasteiger partial charge on any atom is -0.494 e. The molecule has 10 heteroatoms. The second-order valence-electron chi connectivity index (χ2n) is 11.0. The summed E-state index contributed by atoms with van der Waals surface area (Å²) in [7, 11) is -4.17. The number of rotatable bonds is 12. The largest absolute Gasteiger partial charge is 0.494 e. The van der Waals surface area contributed by atoms with Crippen molar-refractivity contribution >= 4 is 39.1 Å². The van der Waals surface area contributed by atoms with Gasteiger partial charge >= 0.3 is 0 Å². The molecule has 0 aliphatic rings. The molecule has 1 unspecified atom stereocenters. The highest BCUT2D eigenvalue weighted by Gasteiger charge is 2.34. The van der Waals surface area contributed by atoms with Crippen LogP contribution >= 0.6 is 11.6 Å². The number of hydrogen-bond donors (Lipinski definition) is 1. The number of hydrogen-bond acceptors (Lipinski definition) is 5. The number of halogens is 1. The van der Waals surface area contributed by atoms with Gasteiger partial charge < -0.3 is 15.0 Å². The maximum atomic E-state index is 14.2. The summed E-state index contributed by atoms with van der Waals surface area (Å²) in [4.78, 5) is 29.1. The predicted octanol–water partition coefficient (Wildman–Crippen LogP) is 5.96. The van der Waals surface area contributed by atoms with Crippen molar-refractivity contribution in [3.05, 3.63) is 88.9 Å². The molecule has 0 radical (unpaired) electrons. The van der Waals surface area contributed by atoms with Crippen LogP contribution in [0.3, 0.4) is 0 Å². The lowest BCUT2D eigenvalue weighted by molar-refractivity contribution is -0.141. The Kier molecular flexibility index (Phi) is 11.0. The molecule has 1 atom stereocenters. The molecule has 0 aliphatic carbocycles. The second kappa shape index (κ2) is 14.1. The zero-order valence-corrected chi connectivity index (χ0v) is 26.6. The van der Waals surface area contributed by atoms with E-state index in [4.69, 9.17) is 16.3 Å². The first-order valence-corrected chi connectivity index (χ1v) is 15.8. The van der Waals surface area contributed by atoms with Crippen LogP contribution in [-0.2, 0) is 26.2 Å². The molecule has 0 spiro atoms. The lowest BCUT2D eigenvalue weighted by Gasteiger charge is -2.35. The average Bonchev–Trinajstić information content (AvgIpc) is 2.92. The molecular formula is C32H40ClN3O5S. The quantitative estimate of drug-likeness (QED) is 0.272. The maximum Gasteiger partial charge on any atom is 0.264 e. The van der Waals surface area contributed by atoms with Gasteiger partial charge in [-0.1, -0.05) is 54.4 Å².